The van der Waals surface area contributed by atoms with Gasteiger partial charge in [0.2, 0.25) is 5.69 Å². The van der Waals surface area contributed by atoms with E-state index in [9.17, 15) is 14.9 Å². The zero-order valence-electron chi connectivity index (χ0n) is 11.6. The average molecular weight is 316 g/mol. The lowest BCUT2D eigenvalue weighted by atomic mass is 10.1. The molecule has 1 aromatic carbocycles. The number of hydrogen-bond donors (Lipinski definition) is 1. The Hall–Kier alpha value is -2.74. The van der Waals surface area contributed by atoms with Gasteiger partial charge in [-0.15, -0.1) is 11.3 Å². The van der Waals surface area contributed by atoms with E-state index in [2.05, 4.69) is 10.2 Å². The van der Waals surface area contributed by atoms with Gasteiger partial charge in [0.15, 0.2) is 0 Å². The first-order valence-electron chi connectivity index (χ1n) is 6.46. The molecule has 0 radical (unpaired) electrons. The maximum atomic E-state index is 12.3. The van der Waals surface area contributed by atoms with Gasteiger partial charge in [0.1, 0.15) is 6.20 Å². The maximum absolute atomic E-state index is 12.3. The predicted molar refractivity (Wildman–Crippen MR) is 82.9 cm³/mol. The van der Waals surface area contributed by atoms with Gasteiger partial charge in [0, 0.05) is 18.3 Å². The van der Waals surface area contributed by atoms with E-state index in [0.29, 0.717) is 6.54 Å². The van der Waals surface area contributed by atoms with E-state index in [-0.39, 0.29) is 11.4 Å². The Labute approximate surface area is 129 Å². The number of nitrogens with one attached hydrogen (secondary N) is 1. The summed E-state index contributed by atoms with van der Waals surface area (Å²) in [6.45, 7) is 0.374. The number of nitrogens with zero attached hydrogens (tertiary/aromatic N) is 3. The van der Waals surface area contributed by atoms with Crippen LogP contribution in [0.3, 0.4) is 0 Å². The molecule has 22 heavy (non-hydrogen) atoms. The fraction of sp³-hybridized carbons (Fsp3) is 0.143. The highest BCUT2D eigenvalue weighted by Crippen LogP contribution is 2.27. The van der Waals surface area contributed by atoms with Crippen molar-refractivity contribution >= 4 is 33.0 Å². The zero-order valence-corrected chi connectivity index (χ0v) is 12.5. The standard InChI is InChI=1S/C14H12N4O3S/c1-17(14(19)13-11(18(20)21)6-15-16-13)7-9-8-22-12-5-3-2-4-10(9)12/h2-6,8H,7H2,1H3,(H,15,16). The minimum Gasteiger partial charge on any atom is -0.336 e. The SMILES string of the molecule is CN(Cc1csc2ccccc12)C(=O)c1[nH]ncc1[N+](=O)[O-]. The Morgan fingerprint density at radius 1 is 1.45 bits per heavy atom. The summed E-state index contributed by atoms with van der Waals surface area (Å²) in [7, 11) is 1.61. The van der Waals surface area contributed by atoms with Crippen LogP contribution in [0.1, 0.15) is 16.1 Å². The smallest absolute Gasteiger partial charge is 0.319 e. The van der Waals surface area contributed by atoms with Crippen LogP contribution in [0.2, 0.25) is 0 Å². The highest BCUT2D eigenvalue weighted by molar-refractivity contribution is 7.17. The van der Waals surface area contributed by atoms with Crippen molar-refractivity contribution in [3.05, 3.63) is 57.2 Å². The summed E-state index contributed by atoms with van der Waals surface area (Å²) in [5, 5.41) is 19.9. The van der Waals surface area contributed by atoms with Crippen molar-refractivity contribution in [2.75, 3.05) is 7.05 Å². The Bertz CT molecular complexity index is 855. The van der Waals surface area contributed by atoms with Gasteiger partial charge in [-0.25, -0.2) is 0 Å². The number of rotatable bonds is 4. The highest BCUT2D eigenvalue weighted by atomic mass is 32.1. The van der Waals surface area contributed by atoms with Gasteiger partial charge in [-0.05, 0) is 22.4 Å². The second kappa shape index (κ2) is 5.57. The lowest BCUT2D eigenvalue weighted by Crippen LogP contribution is -2.27. The van der Waals surface area contributed by atoms with Crippen LogP contribution in [0.25, 0.3) is 10.1 Å². The third kappa shape index (κ3) is 2.44. The molecule has 2 heterocycles. The first-order chi connectivity index (χ1) is 10.6. The van der Waals surface area contributed by atoms with Crippen LogP contribution in [0.4, 0.5) is 5.69 Å². The molecule has 0 aliphatic heterocycles. The Morgan fingerprint density at radius 2 is 2.23 bits per heavy atom. The van der Waals surface area contributed by atoms with Crippen LogP contribution < -0.4 is 0 Å². The first kappa shape index (κ1) is 14.2. The summed E-state index contributed by atoms with van der Waals surface area (Å²) in [6.07, 6.45) is 1.04. The minimum absolute atomic E-state index is 0.105. The van der Waals surface area contributed by atoms with E-state index in [1.165, 1.54) is 4.90 Å². The molecule has 0 saturated heterocycles. The summed E-state index contributed by atoms with van der Waals surface area (Å²) in [5.74, 6) is -0.459. The number of carbonyl (C=O) groups is 1. The lowest BCUT2D eigenvalue weighted by molar-refractivity contribution is -0.385. The third-order valence-corrected chi connectivity index (χ3v) is 4.36. The molecule has 0 spiro atoms. The van der Waals surface area contributed by atoms with Gasteiger partial charge in [-0.2, -0.15) is 5.10 Å². The Morgan fingerprint density at radius 3 is 3.00 bits per heavy atom. The van der Waals surface area contributed by atoms with Crippen LogP contribution in [0.5, 0.6) is 0 Å². The molecule has 0 bridgehead atoms. The molecular formula is C14H12N4O3S. The van der Waals surface area contributed by atoms with E-state index < -0.39 is 10.8 Å². The van der Waals surface area contributed by atoms with E-state index in [1.807, 2.05) is 29.6 Å². The number of carbonyl (C=O) groups excluding carboxylic acids is 1. The van der Waals surface area contributed by atoms with Gasteiger partial charge < -0.3 is 4.90 Å². The number of nitro groups is 1. The Kier molecular flexibility index (Phi) is 3.60. The number of amides is 1. The minimum atomic E-state index is -0.620. The van der Waals surface area contributed by atoms with Gasteiger partial charge in [0.05, 0.1) is 4.92 Å². The maximum Gasteiger partial charge on any atom is 0.319 e. The number of aromatic nitrogens is 2. The second-order valence-electron chi connectivity index (χ2n) is 4.81. The van der Waals surface area contributed by atoms with Crippen molar-refractivity contribution in [1.82, 2.24) is 15.1 Å². The van der Waals surface area contributed by atoms with Crippen LogP contribution in [-0.4, -0.2) is 33.0 Å². The Balaban J connectivity index is 1.85. The molecule has 7 nitrogen and oxygen atoms in total. The van der Waals surface area contributed by atoms with Crippen molar-refractivity contribution in [3.8, 4) is 0 Å². The first-order valence-corrected chi connectivity index (χ1v) is 7.34. The lowest BCUT2D eigenvalue weighted by Gasteiger charge is -2.15. The van der Waals surface area contributed by atoms with Gasteiger partial charge in [-0.1, -0.05) is 18.2 Å². The quantitative estimate of drug-likeness (QED) is 0.591. The molecule has 0 atom stereocenters. The van der Waals surface area contributed by atoms with Crippen molar-refractivity contribution in [3.63, 3.8) is 0 Å². The van der Waals surface area contributed by atoms with Crippen LogP contribution >= 0.6 is 11.3 Å². The molecule has 2 aromatic heterocycles. The predicted octanol–water partition coefficient (Wildman–Crippen LogP) is 2.80. The molecule has 0 aliphatic rings. The molecule has 1 N–H and O–H groups in total. The number of aromatic amines is 1. The molecule has 0 fully saturated rings. The molecule has 0 aliphatic carbocycles. The van der Waals surface area contributed by atoms with Crippen LogP contribution in [-0.2, 0) is 6.54 Å². The highest BCUT2D eigenvalue weighted by Gasteiger charge is 2.25. The molecule has 3 aromatic rings. The largest absolute Gasteiger partial charge is 0.336 e. The van der Waals surface area contributed by atoms with Crippen LogP contribution in [0, 0.1) is 10.1 Å². The molecular weight excluding hydrogens is 304 g/mol. The van der Waals surface area contributed by atoms with E-state index in [1.54, 1.807) is 18.4 Å². The van der Waals surface area contributed by atoms with Crippen molar-refractivity contribution in [2.45, 2.75) is 6.54 Å². The summed E-state index contributed by atoms with van der Waals surface area (Å²) in [4.78, 5) is 24.0. The zero-order chi connectivity index (χ0) is 15.7. The van der Waals surface area contributed by atoms with Crippen molar-refractivity contribution < 1.29 is 9.72 Å². The number of hydrogen-bond acceptors (Lipinski definition) is 5. The van der Waals surface area contributed by atoms with Crippen molar-refractivity contribution in [1.29, 1.82) is 0 Å². The number of thiophene rings is 1. The molecule has 0 unspecified atom stereocenters. The summed E-state index contributed by atoms with van der Waals surface area (Å²) in [5.41, 5.74) is 0.595. The second-order valence-corrected chi connectivity index (χ2v) is 5.72. The topological polar surface area (TPSA) is 92.1 Å². The molecule has 1 amide bonds. The number of benzene rings is 1. The van der Waals surface area contributed by atoms with Gasteiger partial charge in [0.25, 0.3) is 5.91 Å². The monoisotopic (exact) mass is 316 g/mol. The fourth-order valence-corrected chi connectivity index (χ4v) is 3.20. The summed E-state index contributed by atoms with van der Waals surface area (Å²) in [6, 6.07) is 7.93. The van der Waals surface area contributed by atoms with Gasteiger partial charge in [-0.3, -0.25) is 20.0 Å². The number of H-pyrrole nitrogens is 1. The van der Waals surface area contributed by atoms with E-state index in [4.69, 9.17) is 0 Å². The van der Waals surface area contributed by atoms with Gasteiger partial charge >= 0.3 is 5.69 Å². The van der Waals surface area contributed by atoms with E-state index >= 15 is 0 Å². The van der Waals surface area contributed by atoms with Crippen LogP contribution in [0.15, 0.2) is 35.8 Å². The summed E-state index contributed by atoms with van der Waals surface area (Å²) >= 11 is 1.61. The normalized spacial score (nSPS) is 10.8. The summed E-state index contributed by atoms with van der Waals surface area (Å²) < 4.78 is 1.14. The fourth-order valence-electron chi connectivity index (χ4n) is 2.25. The van der Waals surface area contributed by atoms with Crippen molar-refractivity contribution in [2.24, 2.45) is 0 Å². The average Bonchev–Trinajstić information content (AvgIpc) is 3.14. The number of fused-ring (bicyclic) bond motifs is 1. The third-order valence-electron chi connectivity index (χ3n) is 3.35. The van der Waals surface area contributed by atoms with E-state index in [0.717, 1.165) is 21.8 Å². The molecule has 3 rings (SSSR count). The molecule has 0 saturated carbocycles. The molecule has 8 heteroatoms. The molecule has 112 valence electrons.